The van der Waals surface area contributed by atoms with Crippen LogP contribution in [0.2, 0.25) is 0 Å². The van der Waals surface area contributed by atoms with Gasteiger partial charge in [-0.3, -0.25) is 95.9 Å². The molecule has 0 fully saturated rings. The number of carbonyl (C=O) groups excluding carboxylic acids is 7. The van der Waals surface area contributed by atoms with E-state index in [1.165, 1.54) is 87.8 Å². The van der Waals surface area contributed by atoms with Crippen LogP contribution in [0.15, 0.2) is 232 Å². The number of pyridine rings is 1. The van der Waals surface area contributed by atoms with Crippen LogP contribution in [0, 0.1) is 6.92 Å². The number of imidazole rings is 1. The van der Waals surface area contributed by atoms with Crippen molar-refractivity contribution in [2.75, 3.05) is 4.90 Å². The monoisotopic (exact) mass is 1820 g/mol. The first-order valence-electron chi connectivity index (χ1n) is 36.1. The number of aryl methyl sites for hydroxylation is 2. The van der Waals surface area contributed by atoms with Gasteiger partial charge in [0.2, 0.25) is 5.91 Å². The molecule has 0 saturated heterocycles. The summed E-state index contributed by atoms with van der Waals surface area (Å²) in [5, 5.41) is 28.0. The molecule has 636 valence electrons. The van der Waals surface area contributed by atoms with Gasteiger partial charge in [-0.15, -0.1) is 5.10 Å². The molecule has 0 saturated carbocycles. The minimum atomic E-state index is -4.56. The number of para-hydroxylation sites is 3. The number of anilines is 2. The molecule has 7 aliphatic rings. The van der Waals surface area contributed by atoms with Crippen molar-refractivity contribution < 1.29 is 72.0 Å². The number of halogens is 3. The lowest BCUT2D eigenvalue weighted by molar-refractivity contribution is -0.141. The molecule has 18 heterocycles. The number of alkyl halides is 3. The first kappa shape index (κ1) is 84.1. The summed E-state index contributed by atoms with van der Waals surface area (Å²) in [5.41, 5.74) is 8.19. The molecule has 14 aromatic rings. The Labute approximate surface area is 718 Å². The van der Waals surface area contributed by atoms with Gasteiger partial charge in [0.15, 0.2) is 107 Å². The van der Waals surface area contributed by atoms with E-state index in [0.29, 0.717) is 49.6 Å². The zero-order valence-corrected chi connectivity index (χ0v) is 69.4. The highest BCUT2D eigenvalue weighted by atomic mass is 32.2. The average molecular weight is 1820 g/mol. The van der Waals surface area contributed by atoms with Crippen molar-refractivity contribution in [2.45, 2.75) is 32.4 Å². The number of carbonyl (C=O) groups is 7. The minimum Gasteiger partial charge on any atom is -0.295 e. The molecule has 6 N–H and O–H groups in total. The van der Waals surface area contributed by atoms with Gasteiger partial charge < -0.3 is 0 Å². The molecule has 21 rings (SSSR count). The Morgan fingerprint density at radius 1 is 0.413 bits per heavy atom. The standard InChI is InChI=1S/C16H14N4O3S.C14H11N5O3S.C14H9N5O2S.C11H6F3N5O2S.C11H9N5O2S.C9H6N4O2S/c1-16(2)11-5-3-4-6-12(11)20(15(16)22)10-8-17-19(9-10)14-7-13(21)18-24(14)23;1-17-10-4-2-3-5-11(10)19(14(17)21)9-7-15-18(8-9)13-6-12(20)16-23(13)22;20-13-6-14(22(21)18-13)19-8-10-5-9(1-2-11(10)17-19)12-7-15-3-4-16-12;12-11(13,14)8-4-15-7(3-16-8)6-2-17-19(5-6)10-1-9(20)18-22(10)21;1-7-3-12-5-9(14-7)8-4-13-16(6-8)11-2-10(17)15-19(11)18;14-7-4-8(16(15)12-7)13-5-6-2-1-3-10-9(6)11-13/h3-9H,1-2H3,(H,18,21);2-8H,1H3,(H,16,20);1-8H,(H,18,20);1-5H,(H,18,20);2-6H,1H3,(H,15,17);1-5H,(H,12,14). The number of benzene rings is 3. The summed E-state index contributed by atoms with van der Waals surface area (Å²) in [6.45, 7) is 5.61. The molecule has 0 bridgehead atoms. The zero-order chi connectivity index (χ0) is 88.7. The summed E-state index contributed by atoms with van der Waals surface area (Å²) in [7, 11) is -7.98. The Morgan fingerprint density at radius 2 is 0.897 bits per heavy atom. The predicted octanol–water partition coefficient (Wildman–Crippen LogP) is 3.85. The largest absolute Gasteiger partial charge is 0.434 e. The molecule has 0 aliphatic carbocycles. The maximum atomic E-state index is 12.9. The number of aromatic nitrogens is 21. The summed E-state index contributed by atoms with van der Waals surface area (Å²) >= 11 is 0. The normalized spacial score (nSPS) is 18.8. The van der Waals surface area contributed by atoms with E-state index >= 15 is 0 Å². The number of nitrogens with one attached hydrogen (secondary N) is 6. The van der Waals surface area contributed by atoms with Crippen LogP contribution in [0.25, 0.3) is 103 Å². The highest BCUT2D eigenvalue weighted by molar-refractivity contribution is 7.95. The summed E-state index contributed by atoms with van der Waals surface area (Å²) in [4.78, 5) is 122. The second-order valence-electron chi connectivity index (χ2n) is 27.1. The van der Waals surface area contributed by atoms with Crippen LogP contribution in [0.5, 0.6) is 0 Å². The van der Waals surface area contributed by atoms with E-state index in [1.807, 2.05) is 93.6 Å². The quantitative estimate of drug-likeness (QED) is 0.107. The van der Waals surface area contributed by atoms with Gasteiger partial charge >= 0.3 is 11.9 Å². The number of hydrogen-bond acceptors (Lipinski definition) is 27. The summed E-state index contributed by atoms with van der Waals surface area (Å²) < 4.78 is 132. The predicted molar refractivity (Wildman–Crippen MR) is 451 cm³/mol. The molecule has 3 aromatic carbocycles. The Balaban J connectivity index is 0.000000112. The zero-order valence-electron chi connectivity index (χ0n) is 64.5. The number of amides is 7. The fraction of sp³-hybridized carbons (Fsp3) is 0.0800. The van der Waals surface area contributed by atoms with Crippen molar-refractivity contribution in [3.05, 3.63) is 254 Å². The van der Waals surface area contributed by atoms with Crippen LogP contribution in [0.4, 0.5) is 24.5 Å². The van der Waals surface area contributed by atoms with E-state index in [9.17, 15) is 76.8 Å². The van der Waals surface area contributed by atoms with Crippen molar-refractivity contribution >= 4 is 182 Å². The molecule has 0 radical (unpaired) electrons. The van der Waals surface area contributed by atoms with Gasteiger partial charge in [0, 0.05) is 121 Å². The molecule has 11 aromatic heterocycles. The van der Waals surface area contributed by atoms with Crippen LogP contribution in [0.1, 0.15) is 30.8 Å². The molecule has 51 heteroatoms. The van der Waals surface area contributed by atoms with E-state index in [4.69, 9.17) is 0 Å². The molecule has 126 heavy (non-hydrogen) atoms. The second kappa shape index (κ2) is 34.4. The van der Waals surface area contributed by atoms with Crippen molar-refractivity contribution in [1.29, 1.82) is 0 Å². The first-order valence-corrected chi connectivity index (χ1v) is 43.0. The summed E-state index contributed by atoms with van der Waals surface area (Å²) in [5.74, 6) is -2.57. The van der Waals surface area contributed by atoms with E-state index < -0.39 is 101 Å². The van der Waals surface area contributed by atoms with Crippen LogP contribution >= 0.6 is 0 Å². The van der Waals surface area contributed by atoms with E-state index in [0.717, 1.165) is 73.4 Å². The molecule has 0 spiro atoms. The number of hydrogen-bond donors (Lipinski definition) is 6. The van der Waals surface area contributed by atoms with Gasteiger partial charge in [-0.1, -0.05) is 36.4 Å². The van der Waals surface area contributed by atoms with Gasteiger partial charge in [-0.05, 0) is 68.8 Å². The SMILES string of the molecule is CC1(C)C(=O)N(c2cnn(C3=CC(=O)NS3=O)c2)c2ccccc21.Cc1cncc(-c2cnn(C3=CC(=O)NS3=O)c2)n1.Cn1c(=O)n(-c2cnn(C3=CC(=O)NS3=O)c2)c2ccccc21.O=C1C=C(n2cc(-c3cnc(C(F)(F)F)cn3)cn2)S(=O)N1.O=C1C=C(n2cc3cc(-c4cnccn4)ccc3n2)S(=O)N1.O=C1C=C(n2cc3cccnc3n2)S(=O)N1. The Hall–Kier alpha value is -15.5. The highest BCUT2D eigenvalue weighted by Crippen LogP contribution is 2.45. The molecular formula is C75H55F3N28O14S6. The van der Waals surface area contributed by atoms with Crippen LogP contribution in [-0.2, 0) is 118 Å². The van der Waals surface area contributed by atoms with Crippen LogP contribution in [0.3, 0.4) is 0 Å². The lowest BCUT2D eigenvalue weighted by atomic mass is 9.86. The number of nitrogens with zero attached hydrogens (tertiary/aromatic N) is 22. The molecule has 7 amide bonds. The second-order valence-corrected chi connectivity index (χ2v) is 34.1. The topological polar surface area (TPSA) is 521 Å². The van der Waals surface area contributed by atoms with Crippen molar-refractivity contribution in [3.63, 3.8) is 0 Å². The maximum absolute atomic E-state index is 12.9. The molecule has 6 atom stereocenters. The minimum absolute atomic E-state index is 0.0565. The summed E-state index contributed by atoms with van der Waals surface area (Å²) in [6.07, 6.45) is 29.8. The molecular weight excluding hydrogens is 1770 g/mol. The fourth-order valence-electron chi connectivity index (χ4n) is 12.6. The van der Waals surface area contributed by atoms with Gasteiger partial charge in [0.05, 0.1) is 124 Å². The van der Waals surface area contributed by atoms with Gasteiger partial charge in [0.25, 0.3) is 35.4 Å². The van der Waals surface area contributed by atoms with Gasteiger partial charge in [-0.25, -0.2) is 73.1 Å². The Bertz CT molecular complexity index is 7310. The number of fused-ring (bicyclic) bond motifs is 4. The van der Waals surface area contributed by atoms with E-state index in [-0.39, 0.29) is 50.1 Å². The molecule has 6 unspecified atom stereocenters. The molecule has 7 aliphatic heterocycles. The number of rotatable bonds is 11. The lowest BCUT2D eigenvalue weighted by Gasteiger charge is -2.18. The van der Waals surface area contributed by atoms with E-state index in [2.05, 4.69) is 93.8 Å². The highest BCUT2D eigenvalue weighted by Gasteiger charge is 2.45. The fourth-order valence-corrected chi connectivity index (χ4v) is 17.6. The third-order valence-corrected chi connectivity index (χ3v) is 24.9. The van der Waals surface area contributed by atoms with Crippen molar-refractivity contribution in [3.8, 4) is 39.5 Å². The first-order chi connectivity index (χ1) is 60.4. The maximum Gasteiger partial charge on any atom is 0.434 e. The molecule has 42 nitrogen and oxygen atoms in total. The van der Waals surface area contributed by atoms with Crippen molar-refractivity contribution in [2.24, 2.45) is 7.05 Å². The van der Waals surface area contributed by atoms with Crippen molar-refractivity contribution in [1.82, 2.24) is 131 Å². The summed E-state index contributed by atoms with van der Waals surface area (Å²) in [6, 6.07) is 24.3. The third kappa shape index (κ3) is 17.4. The average Bonchev–Trinajstić information content (AvgIpc) is 1.57. The third-order valence-electron chi connectivity index (χ3n) is 18.5. The Morgan fingerprint density at radius 3 is 1.41 bits per heavy atom. The van der Waals surface area contributed by atoms with E-state index in [1.54, 1.807) is 96.9 Å². The van der Waals surface area contributed by atoms with Gasteiger partial charge in [0.1, 0.15) is 0 Å². The Kier molecular flexibility index (Phi) is 23.0. The van der Waals surface area contributed by atoms with Crippen LogP contribution in [-0.4, -0.2) is 169 Å². The lowest BCUT2D eigenvalue weighted by Crippen LogP contribution is -2.33. The van der Waals surface area contributed by atoms with Crippen LogP contribution < -0.4 is 38.9 Å². The van der Waals surface area contributed by atoms with Gasteiger partial charge in [-0.2, -0.15) is 38.7 Å². The smallest absolute Gasteiger partial charge is 0.295 e.